The Morgan fingerprint density at radius 2 is 2.00 bits per heavy atom. The third-order valence-electron chi connectivity index (χ3n) is 3.24. The molecule has 0 bridgehead atoms. The fourth-order valence-corrected chi connectivity index (χ4v) is 2.01. The summed E-state index contributed by atoms with van der Waals surface area (Å²) >= 11 is 0. The molecular weight excluding hydrogens is 192 g/mol. The Balaban J connectivity index is 2.38. The van der Waals surface area contributed by atoms with E-state index in [0.29, 0.717) is 12.5 Å². The van der Waals surface area contributed by atoms with Gasteiger partial charge in [-0.2, -0.15) is 0 Å². The van der Waals surface area contributed by atoms with Gasteiger partial charge in [-0.05, 0) is 52.2 Å². The summed E-state index contributed by atoms with van der Waals surface area (Å²) in [6.07, 6.45) is 2.21. The van der Waals surface area contributed by atoms with Crippen LogP contribution in [0.1, 0.15) is 26.7 Å². The van der Waals surface area contributed by atoms with Crippen molar-refractivity contribution in [2.75, 3.05) is 26.2 Å². The number of rotatable bonds is 4. The second-order valence-electron chi connectivity index (χ2n) is 5.14. The molecule has 1 saturated heterocycles. The molecule has 1 rings (SSSR count). The van der Waals surface area contributed by atoms with Gasteiger partial charge >= 0.3 is 5.97 Å². The fraction of sp³-hybridized carbons (Fsp3) is 0.909. The van der Waals surface area contributed by atoms with E-state index in [1.807, 2.05) is 0 Å². The second-order valence-corrected chi connectivity index (χ2v) is 5.14. The maximum atomic E-state index is 11.0. The molecule has 0 spiro atoms. The van der Waals surface area contributed by atoms with Gasteiger partial charge in [-0.25, -0.2) is 0 Å². The number of carboxylic acids is 1. The zero-order valence-electron chi connectivity index (χ0n) is 9.70. The molecule has 1 heterocycles. The number of hydrogen-bond donors (Lipinski definition) is 2. The van der Waals surface area contributed by atoms with Crippen LogP contribution in [0, 0.1) is 11.3 Å². The minimum absolute atomic E-state index is 0.634. The fourth-order valence-electron chi connectivity index (χ4n) is 2.01. The molecular formula is C11H22N2O2. The van der Waals surface area contributed by atoms with Crippen molar-refractivity contribution < 1.29 is 9.90 Å². The minimum Gasteiger partial charge on any atom is -0.481 e. The van der Waals surface area contributed by atoms with Crippen LogP contribution in [0.25, 0.3) is 0 Å². The summed E-state index contributed by atoms with van der Waals surface area (Å²) in [4.78, 5) is 13.2. The monoisotopic (exact) mass is 214 g/mol. The van der Waals surface area contributed by atoms with Crippen LogP contribution in [0.2, 0.25) is 0 Å². The number of nitrogens with zero attached hydrogens (tertiary/aromatic N) is 1. The first-order valence-electron chi connectivity index (χ1n) is 5.61. The molecule has 1 aliphatic heterocycles. The number of nitrogens with two attached hydrogens (primary N) is 1. The van der Waals surface area contributed by atoms with Gasteiger partial charge in [0.25, 0.3) is 0 Å². The molecule has 0 radical (unpaired) electrons. The summed E-state index contributed by atoms with van der Waals surface area (Å²) in [5.41, 5.74) is 4.97. The van der Waals surface area contributed by atoms with E-state index in [1.165, 1.54) is 0 Å². The van der Waals surface area contributed by atoms with Crippen molar-refractivity contribution in [3.8, 4) is 0 Å². The van der Waals surface area contributed by atoms with Gasteiger partial charge in [-0.3, -0.25) is 4.79 Å². The molecule has 0 saturated carbocycles. The predicted molar refractivity (Wildman–Crippen MR) is 59.6 cm³/mol. The minimum atomic E-state index is -0.719. The van der Waals surface area contributed by atoms with Crippen molar-refractivity contribution in [1.82, 2.24) is 4.90 Å². The van der Waals surface area contributed by atoms with Gasteiger partial charge in [0.1, 0.15) is 0 Å². The Morgan fingerprint density at radius 1 is 1.47 bits per heavy atom. The Morgan fingerprint density at radius 3 is 2.40 bits per heavy atom. The van der Waals surface area contributed by atoms with Gasteiger partial charge in [0, 0.05) is 6.54 Å². The van der Waals surface area contributed by atoms with Crippen LogP contribution in [-0.2, 0) is 4.79 Å². The summed E-state index contributed by atoms with van der Waals surface area (Å²) in [5, 5.41) is 9.02. The molecule has 88 valence electrons. The third-order valence-corrected chi connectivity index (χ3v) is 3.24. The molecule has 0 aromatic heterocycles. The number of likely N-dealkylation sites (tertiary alicyclic amines) is 1. The molecule has 3 N–H and O–H groups in total. The third kappa shape index (κ3) is 3.47. The second kappa shape index (κ2) is 4.94. The molecule has 4 nitrogen and oxygen atoms in total. The van der Waals surface area contributed by atoms with Crippen molar-refractivity contribution in [3.63, 3.8) is 0 Å². The van der Waals surface area contributed by atoms with Crippen molar-refractivity contribution in [2.24, 2.45) is 17.1 Å². The summed E-state index contributed by atoms with van der Waals surface area (Å²) in [7, 11) is 0. The molecule has 0 aromatic carbocycles. The number of piperidine rings is 1. The lowest BCUT2D eigenvalue weighted by Gasteiger charge is -2.35. The number of carbonyl (C=O) groups is 1. The van der Waals surface area contributed by atoms with Gasteiger partial charge in [-0.1, -0.05) is 0 Å². The normalized spacial score (nSPS) is 20.5. The lowest BCUT2D eigenvalue weighted by atomic mass is 9.90. The highest BCUT2D eigenvalue weighted by atomic mass is 16.4. The maximum absolute atomic E-state index is 11.0. The quantitative estimate of drug-likeness (QED) is 0.725. The van der Waals surface area contributed by atoms with Crippen molar-refractivity contribution in [1.29, 1.82) is 0 Å². The first kappa shape index (κ1) is 12.5. The Kier molecular flexibility index (Phi) is 4.11. The van der Waals surface area contributed by atoms with E-state index in [9.17, 15) is 4.79 Å². The summed E-state index contributed by atoms with van der Waals surface area (Å²) in [6.45, 7) is 6.93. The van der Waals surface area contributed by atoms with Crippen LogP contribution in [0.15, 0.2) is 0 Å². The average molecular weight is 214 g/mol. The molecule has 0 aromatic rings. The average Bonchev–Trinajstić information content (AvgIpc) is 2.18. The van der Waals surface area contributed by atoms with E-state index in [1.54, 1.807) is 13.8 Å². The van der Waals surface area contributed by atoms with E-state index < -0.39 is 11.4 Å². The molecule has 0 aliphatic carbocycles. The SMILES string of the molecule is CC(C)(CN1CCC(CN)CC1)C(=O)O. The highest BCUT2D eigenvalue weighted by Gasteiger charge is 2.31. The molecule has 0 amide bonds. The molecule has 0 atom stereocenters. The van der Waals surface area contributed by atoms with Crippen molar-refractivity contribution in [3.05, 3.63) is 0 Å². The van der Waals surface area contributed by atoms with Crippen molar-refractivity contribution in [2.45, 2.75) is 26.7 Å². The maximum Gasteiger partial charge on any atom is 0.310 e. The topological polar surface area (TPSA) is 66.6 Å². The molecule has 4 heteroatoms. The van der Waals surface area contributed by atoms with E-state index in [-0.39, 0.29) is 0 Å². The van der Waals surface area contributed by atoms with E-state index >= 15 is 0 Å². The molecule has 15 heavy (non-hydrogen) atoms. The van der Waals surface area contributed by atoms with E-state index in [2.05, 4.69) is 4.90 Å². The van der Waals surface area contributed by atoms with Crippen LogP contribution in [0.3, 0.4) is 0 Å². The first-order valence-corrected chi connectivity index (χ1v) is 5.61. The predicted octanol–water partition coefficient (Wildman–Crippen LogP) is 0.768. The lowest BCUT2D eigenvalue weighted by Crippen LogP contribution is -2.43. The Labute approximate surface area is 91.4 Å². The molecule has 0 unspecified atom stereocenters. The molecule has 1 fully saturated rings. The Hall–Kier alpha value is -0.610. The van der Waals surface area contributed by atoms with Gasteiger partial charge in [0.15, 0.2) is 0 Å². The van der Waals surface area contributed by atoms with Gasteiger partial charge in [0.2, 0.25) is 0 Å². The summed E-state index contributed by atoms with van der Waals surface area (Å²) < 4.78 is 0. The van der Waals surface area contributed by atoms with Crippen LogP contribution < -0.4 is 5.73 Å². The van der Waals surface area contributed by atoms with E-state index in [4.69, 9.17) is 10.8 Å². The van der Waals surface area contributed by atoms with Crippen LogP contribution >= 0.6 is 0 Å². The summed E-state index contributed by atoms with van der Waals surface area (Å²) in [6, 6.07) is 0. The largest absolute Gasteiger partial charge is 0.481 e. The number of hydrogen-bond acceptors (Lipinski definition) is 3. The summed E-state index contributed by atoms with van der Waals surface area (Å²) in [5.74, 6) is -0.0855. The first-order chi connectivity index (χ1) is 6.95. The zero-order valence-corrected chi connectivity index (χ0v) is 9.70. The zero-order chi connectivity index (χ0) is 11.5. The highest BCUT2D eigenvalue weighted by Crippen LogP contribution is 2.22. The van der Waals surface area contributed by atoms with Crippen molar-refractivity contribution >= 4 is 5.97 Å². The van der Waals surface area contributed by atoms with Gasteiger partial charge in [-0.15, -0.1) is 0 Å². The Bertz CT molecular complexity index is 221. The van der Waals surface area contributed by atoms with E-state index in [0.717, 1.165) is 32.5 Å². The van der Waals surface area contributed by atoms with Gasteiger partial charge < -0.3 is 15.7 Å². The van der Waals surface area contributed by atoms with Crippen LogP contribution in [0.5, 0.6) is 0 Å². The van der Waals surface area contributed by atoms with Crippen LogP contribution in [0.4, 0.5) is 0 Å². The lowest BCUT2D eigenvalue weighted by molar-refractivity contribution is -0.148. The van der Waals surface area contributed by atoms with Crippen LogP contribution in [-0.4, -0.2) is 42.2 Å². The smallest absolute Gasteiger partial charge is 0.310 e. The molecule has 1 aliphatic rings. The number of aliphatic carboxylic acids is 1. The standard InChI is InChI=1S/C11H22N2O2/c1-11(2,10(14)15)8-13-5-3-9(7-12)4-6-13/h9H,3-8,12H2,1-2H3,(H,14,15). The van der Waals surface area contributed by atoms with Gasteiger partial charge in [0.05, 0.1) is 5.41 Å². The number of carboxylic acid groups (broad SMARTS) is 1. The highest BCUT2D eigenvalue weighted by molar-refractivity contribution is 5.73.